The summed E-state index contributed by atoms with van der Waals surface area (Å²) in [5, 5.41) is 8.47. The number of hydrogen-bond acceptors (Lipinski definition) is 7. The van der Waals surface area contributed by atoms with Crippen molar-refractivity contribution in [2.45, 2.75) is 51.0 Å². The predicted molar refractivity (Wildman–Crippen MR) is 100 cm³/mol. The highest BCUT2D eigenvalue weighted by atomic mass is 32.3. The summed E-state index contributed by atoms with van der Waals surface area (Å²) in [5.41, 5.74) is 0.390. The minimum absolute atomic E-state index is 0.233. The van der Waals surface area contributed by atoms with E-state index in [1.54, 1.807) is 20.8 Å². The summed E-state index contributed by atoms with van der Waals surface area (Å²) in [4.78, 5) is 28.0. The molecule has 0 aliphatic carbocycles. The number of nitriles is 1. The SMILES string of the molecule is CC(C)(C)OC(=O)N1CCc2c(sc(N3CC(S(=O)(=O)F)CC3=O)c2C#N)C1. The summed E-state index contributed by atoms with van der Waals surface area (Å²) < 4.78 is 41.0. The van der Waals surface area contributed by atoms with Crippen molar-refractivity contribution in [1.82, 2.24) is 4.90 Å². The lowest BCUT2D eigenvalue weighted by Gasteiger charge is -2.29. The van der Waals surface area contributed by atoms with Gasteiger partial charge in [0.2, 0.25) is 5.91 Å². The monoisotopic (exact) mass is 429 g/mol. The van der Waals surface area contributed by atoms with Crippen LogP contribution in [0.1, 0.15) is 43.2 Å². The Labute approximate surface area is 166 Å². The summed E-state index contributed by atoms with van der Waals surface area (Å²) >= 11 is 1.16. The Morgan fingerprint density at radius 1 is 1.39 bits per heavy atom. The van der Waals surface area contributed by atoms with Crippen LogP contribution in [0.4, 0.5) is 13.7 Å². The van der Waals surface area contributed by atoms with Gasteiger partial charge in [0.05, 0.1) is 12.1 Å². The molecule has 2 aliphatic rings. The number of halogens is 1. The van der Waals surface area contributed by atoms with Crippen molar-refractivity contribution in [2.24, 2.45) is 0 Å². The Hall–Kier alpha value is -2.19. The summed E-state index contributed by atoms with van der Waals surface area (Å²) in [7, 11) is -4.85. The van der Waals surface area contributed by atoms with Gasteiger partial charge in [-0.1, -0.05) is 0 Å². The largest absolute Gasteiger partial charge is 0.444 e. The minimum Gasteiger partial charge on any atom is -0.444 e. The topological polar surface area (TPSA) is 108 Å². The summed E-state index contributed by atoms with van der Waals surface area (Å²) in [6.07, 6.45) is -0.496. The number of thiophene rings is 1. The van der Waals surface area contributed by atoms with Crippen molar-refractivity contribution in [3.8, 4) is 6.07 Å². The van der Waals surface area contributed by atoms with Gasteiger partial charge in [-0.05, 0) is 32.8 Å². The van der Waals surface area contributed by atoms with Crippen LogP contribution in [-0.4, -0.2) is 49.3 Å². The minimum atomic E-state index is -4.85. The van der Waals surface area contributed by atoms with E-state index in [1.165, 1.54) is 9.80 Å². The molecule has 0 saturated carbocycles. The van der Waals surface area contributed by atoms with Gasteiger partial charge in [0, 0.05) is 24.4 Å². The molecule has 152 valence electrons. The second-order valence-corrected chi connectivity index (χ2v) is 10.5. The quantitative estimate of drug-likeness (QED) is 0.668. The van der Waals surface area contributed by atoms with Gasteiger partial charge >= 0.3 is 16.3 Å². The highest BCUT2D eigenvalue weighted by Crippen LogP contribution is 2.41. The van der Waals surface area contributed by atoms with E-state index in [9.17, 15) is 27.2 Å². The fourth-order valence-corrected chi connectivity index (χ4v) is 5.24. The number of rotatable bonds is 2. The Kier molecular flexibility index (Phi) is 5.14. The van der Waals surface area contributed by atoms with Crippen molar-refractivity contribution in [2.75, 3.05) is 18.0 Å². The number of ether oxygens (including phenoxy) is 1. The molecule has 3 rings (SSSR count). The molecule has 0 N–H and O–H groups in total. The lowest BCUT2D eigenvalue weighted by atomic mass is 10.0. The number of hydrogen-bond donors (Lipinski definition) is 0. The first-order chi connectivity index (χ1) is 12.9. The van der Waals surface area contributed by atoms with Crippen LogP contribution in [-0.2, 0) is 32.7 Å². The van der Waals surface area contributed by atoms with Crippen LogP contribution in [0, 0.1) is 11.3 Å². The predicted octanol–water partition coefficient (Wildman–Crippen LogP) is 2.32. The van der Waals surface area contributed by atoms with E-state index in [0.29, 0.717) is 18.0 Å². The van der Waals surface area contributed by atoms with Gasteiger partial charge in [-0.3, -0.25) is 4.79 Å². The summed E-state index contributed by atoms with van der Waals surface area (Å²) in [6.45, 7) is 5.59. The highest BCUT2D eigenvalue weighted by Gasteiger charge is 2.41. The maximum Gasteiger partial charge on any atom is 0.410 e. The highest BCUT2D eigenvalue weighted by molar-refractivity contribution is 7.87. The molecule has 11 heteroatoms. The normalized spacial score (nSPS) is 20.1. The number of carbonyl (C=O) groups excluding carboxylic acids is 2. The lowest BCUT2D eigenvalue weighted by molar-refractivity contribution is -0.117. The summed E-state index contributed by atoms with van der Waals surface area (Å²) in [5.74, 6) is -0.537. The van der Waals surface area contributed by atoms with E-state index < -0.39 is 39.5 Å². The Morgan fingerprint density at radius 3 is 2.61 bits per heavy atom. The van der Waals surface area contributed by atoms with E-state index in [2.05, 4.69) is 6.07 Å². The van der Waals surface area contributed by atoms with Crippen molar-refractivity contribution in [3.63, 3.8) is 0 Å². The third kappa shape index (κ3) is 3.98. The van der Waals surface area contributed by atoms with Crippen molar-refractivity contribution in [1.29, 1.82) is 5.26 Å². The molecule has 8 nitrogen and oxygen atoms in total. The molecule has 1 atom stereocenters. The first kappa shape index (κ1) is 20.5. The van der Waals surface area contributed by atoms with Crippen molar-refractivity contribution < 1.29 is 26.6 Å². The van der Waals surface area contributed by atoms with Crippen molar-refractivity contribution >= 4 is 38.6 Å². The molecule has 0 bridgehead atoms. The molecule has 0 aromatic carbocycles. The van der Waals surface area contributed by atoms with Crippen LogP contribution in [0.3, 0.4) is 0 Å². The summed E-state index contributed by atoms with van der Waals surface area (Å²) in [6, 6.07) is 2.08. The van der Waals surface area contributed by atoms with Gasteiger partial charge in [-0.2, -0.15) is 13.7 Å². The molecule has 0 spiro atoms. The van der Waals surface area contributed by atoms with Gasteiger partial charge in [0.15, 0.2) is 0 Å². The van der Waals surface area contributed by atoms with E-state index in [0.717, 1.165) is 21.8 Å². The Balaban J connectivity index is 1.87. The average molecular weight is 429 g/mol. The van der Waals surface area contributed by atoms with Crippen LogP contribution < -0.4 is 4.90 Å². The second-order valence-electron chi connectivity index (χ2n) is 7.75. The van der Waals surface area contributed by atoms with Gasteiger partial charge < -0.3 is 14.5 Å². The van der Waals surface area contributed by atoms with E-state index in [4.69, 9.17) is 4.74 Å². The lowest BCUT2D eigenvalue weighted by Crippen LogP contribution is -2.39. The molecule has 2 aliphatic heterocycles. The molecule has 1 fully saturated rings. The maximum atomic E-state index is 13.3. The molecule has 1 unspecified atom stereocenters. The van der Waals surface area contributed by atoms with Crippen LogP contribution in [0.15, 0.2) is 0 Å². The number of anilines is 1. The second kappa shape index (κ2) is 7.00. The molecule has 1 aromatic rings. The zero-order chi connectivity index (χ0) is 20.9. The standard InChI is InChI=1S/C17H20FN3O5S2/c1-17(2,3)26-16(23)20-5-4-11-12(7-19)15(27-13(11)9-20)21-8-10(6-14(21)22)28(18,24)25/h10H,4-6,8-9H2,1-3H3. The molecular weight excluding hydrogens is 409 g/mol. The fourth-order valence-electron chi connectivity index (χ4n) is 3.24. The molecule has 2 amide bonds. The number of fused-ring (bicyclic) bond motifs is 1. The number of amides is 2. The molecule has 1 saturated heterocycles. The van der Waals surface area contributed by atoms with Gasteiger partial charge in [0.25, 0.3) is 0 Å². The third-order valence-electron chi connectivity index (χ3n) is 4.53. The molecule has 28 heavy (non-hydrogen) atoms. The third-order valence-corrected chi connectivity index (χ3v) is 6.89. The first-order valence-corrected chi connectivity index (χ1v) is 10.9. The van der Waals surface area contributed by atoms with Crippen LogP contribution >= 0.6 is 11.3 Å². The number of carbonyl (C=O) groups is 2. The fraction of sp³-hybridized carbons (Fsp3) is 0.588. The Morgan fingerprint density at radius 2 is 2.07 bits per heavy atom. The van der Waals surface area contributed by atoms with Gasteiger partial charge in [-0.25, -0.2) is 4.79 Å². The average Bonchev–Trinajstić information content (AvgIpc) is 3.12. The van der Waals surface area contributed by atoms with E-state index >= 15 is 0 Å². The van der Waals surface area contributed by atoms with Crippen LogP contribution in [0.2, 0.25) is 0 Å². The van der Waals surface area contributed by atoms with Gasteiger partial charge in [0.1, 0.15) is 21.9 Å². The number of nitrogens with zero attached hydrogens (tertiary/aromatic N) is 3. The molecular formula is C17H20FN3O5S2. The molecule has 0 radical (unpaired) electrons. The first-order valence-electron chi connectivity index (χ1n) is 8.67. The Bertz CT molecular complexity index is 974. The van der Waals surface area contributed by atoms with E-state index in [-0.39, 0.29) is 18.7 Å². The molecule has 3 heterocycles. The van der Waals surface area contributed by atoms with Crippen LogP contribution in [0.25, 0.3) is 0 Å². The van der Waals surface area contributed by atoms with Gasteiger partial charge in [-0.15, -0.1) is 15.2 Å². The van der Waals surface area contributed by atoms with Crippen molar-refractivity contribution in [3.05, 3.63) is 16.0 Å². The molecule has 1 aromatic heterocycles. The zero-order valence-corrected chi connectivity index (χ0v) is 17.3. The smallest absolute Gasteiger partial charge is 0.410 e. The maximum absolute atomic E-state index is 13.3. The van der Waals surface area contributed by atoms with E-state index in [1.807, 2.05) is 0 Å². The van der Waals surface area contributed by atoms with Crippen LogP contribution in [0.5, 0.6) is 0 Å². The zero-order valence-electron chi connectivity index (χ0n) is 15.7.